The van der Waals surface area contributed by atoms with Crippen LogP contribution >= 0.6 is 11.6 Å². The number of alkyl halides is 3. The summed E-state index contributed by atoms with van der Waals surface area (Å²) in [6.07, 6.45) is -3.26. The summed E-state index contributed by atoms with van der Waals surface area (Å²) in [5, 5.41) is 15.9. The van der Waals surface area contributed by atoms with Gasteiger partial charge in [-0.15, -0.1) is 5.10 Å². The largest absolute Gasteiger partial charge is 0.416 e. The molecule has 2 aromatic heterocycles. The molecule has 1 aromatic carbocycles. The van der Waals surface area contributed by atoms with Crippen LogP contribution in [-0.4, -0.2) is 25.7 Å². The van der Waals surface area contributed by atoms with E-state index in [-0.39, 0.29) is 10.6 Å². The highest BCUT2D eigenvalue weighted by Gasteiger charge is 2.32. The van der Waals surface area contributed by atoms with E-state index in [1.54, 1.807) is 19.1 Å². The van der Waals surface area contributed by atoms with Gasteiger partial charge in [-0.3, -0.25) is 4.79 Å². The van der Waals surface area contributed by atoms with E-state index in [0.717, 1.165) is 18.2 Å². The average Bonchev–Trinajstić information content (AvgIpc) is 3.19. The van der Waals surface area contributed by atoms with Gasteiger partial charge in [-0.25, -0.2) is 9.97 Å². The second-order valence-corrected chi connectivity index (χ2v) is 8.83. The first kappa shape index (κ1) is 24.2. The minimum Gasteiger partial charge on any atom is -0.342 e. The summed E-state index contributed by atoms with van der Waals surface area (Å²) in [6, 6.07) is 7.04. The van der Waals surface area contributed by atoms with Gasteiger partial charge in [-0.05, 0) is 37.3 Å². The van der Waals surface area contributed by atoms with E-state index in [2.05, 4.69) is 20.4 Å². The minimum atomic E-state index is -4.64. The highest BCUT2D eigenvalue weighted by molar-refractivity contribution is 6.31. The Labute approximate surface area is 193 Å². The van der Waals surface area contributed by atoms with Gasteiger partial charge >= 0.3 is 6.18 Å². The number of nitrogens with zero attached hydrogens (tertiary/aromatic N) is 5. The number of hydrogen-bond acceptors (Lipinski definition) is 5. The van der Waals surface area contributed by atoms with Crippen molar-refractivity contribution >= 4 is 17.5 Å². The molecule has 0 aliphatic heterocycles. The molecule has 0 unspecified atom stereocenters. The maximum atomic E-state index is 13.1. The van der Waals surface area contributed by atoms with Gasteiger partial charge in [0.15, 0.2) is 17.5 Å². The molecule has 33 heavy (non-hydrogen) atoms. The zero-order chi connectivity index (χ0) is 24.6. The third kappa shape index (κ3) is 5.49. The van der Waals surface area contributed by atoms with Crippen LogP contribution < -0.4 is 5.32 Å². The van der Waals surface area contributed by atoms with E-state index < -0.39 is 29.1 Å². The number of amides is 1. The Morgan fingerprint density at radius 3 is 2.45 bits per heavy atom. The van der Waals surface area contributed by atoms with Crippen molar-refractivity contribution in [2.45, 2.75) is 45.3 Å². The molecule has 1 atom stereocenters. The van der Waals surface area contributed by atoms with Gasteiger partial charge in [0.25, 0.3) is 5.91 Å². The van der Waals surface area contributed by atoms with Crippen molar-refractivity contribution in [3.8, 4) is 11.9 Å². The lowest BCUT2D eigenvalue weighted by atomic mass is 9.96. The Bertz CT molecular complexity index is 1220. The van der Waals surface area contributed by atoms with Crippen LogP contribution in [0.3, 0.4) is 0 Å². The van der Waals surface area contributed by atoms with Crippen molar-refractivity contribution in [3.63, 3.8) is 0 Å². The van der Waals surface area contributed by atoms with Gasteiger partial charge in [0.05, 0.1) is 17.2 Å². The Kier molecular flexibility index (Phi) is 6.47. The summed E-state index contributed by atoms with van der Waals surface area (Å²) in [4.78, 5) is 21.5. The quantitative estimate of drug-likeness (QED) is 0.572. The van der Waals surface area contributed by atoms with Gasteiger partial charge in [-0.1, -0.05) is 32.4 Å². The second kappa shape index (κ2) is 8.83. The van der Waals surface area contributed by atoms with Crippen LogP contribution in [0, 0.1) is 11.3 Å². The summed E-state index contributed by atoms with van der Waals surface area (Å²) in [7, 11) is 0. The van der Waals surface area contributed by atoms with E-state index in [4.69, 9.17) is 16.9 Å². The van der Waals surface area contributed by atoms with Gasteiger partial charge < -0.3 is 5.32 Å². The summed E-state index contributed by atoms with van der Waals surface area (Å²) >= 11 is 5.80. The Morgan fingerprint density at radius 2 is 1.91 bits per heavy atom. The molecule has 0 spiro atoms. The summed E-state index contributed by atoms with van der Waals surface area (Å²) in [5.41, 5.74) is -1.32. The SMILES string of the molecule is C[C@H](NC(=O)c1cc(Cl)cc(C(F)(F)F)c1)c1nc(C(C)(C)C)nn1-c1ccc(C#N)cn1. The van der Waals surface area contributed by atoms with Gasteiger partial charge in [0.1, 0.15) is 6.07 Å². The maximum Gasteiger partial charge on any atom is 0.416 e. The molecular formula is C22H20ClF3N6O. The van der Waals surface area contributed by atoms with Crippen molar-refractivity contribution in [1.82, 2.24) is 25.1 Å². The van der Waals surface area contributed by atoms with Crippen molar-refractivity contribution in [2.24, 2.45) is 0 Å². The number of rotatable bonds is 4. The average molecular weight is 477 g/mol. The minimum absolute atomic E-state index is 0.206. The standard InChI is InChI=1S/C22H20ClF3N6O/c1-12(29-19(33)14-7-15(22(24,25)26)9-16(23)8-14)18-30-20(21(2,3)4)31-32(18)17-6-5-13(10-27)11-28-17/h5-9,11-12H,1-4H3,(H,29,33)/t12-/m0/s1. The molecule has 11 heteroatoms. The maximum absolute atomic E-state index is 13.1. The molecule has 3 aromatic rings. The normalized spacial score (nSPS) is 12.8. The molecule has 0 radical (unpaired) electrons. The molecule has 1 amide bonds. The van der Waals surface area contributed by atoms with E-state index in [1.165, 1.54) is 10.9 Å². The predicted octanol–water partition coefficient (Wildman–Crippen LogP) is 4.99. The lowest BCUT2D eigenvalue weighted by molar-refractivity contribution is -0.137. The van der Waals surface area contributed by atoms with Crippen LogP contribution in [0.15, 0.2) is 36.5 Å². The van der Waals surface area contributed by atoms with E-state index in [1.807, 2.05) is 26.8 Å². The molecule has 0 bridgehead atoms. The number of nitrogens with one attached hydrogen (secondary N) is 1. The number of benzene rings is 1. The van der Waals surface area contributed by atoms with Crippen LogP contribution in [-0.2, 0) is 11.6 Å². The Hall–Kier alpha value is -3.45. The molecule has 172 valence electrons. The lowest BCUT2D eigenvalue weighted by Gasteiger charge is -2.15. The summed E-state index contributed by atoms with van der Waals surface area (Å²) in [5.74, 6) is 0.417. The molecule has 0 fully saturated rings. The Balaban J connectivity index is 1.97. The van der Waals surface area contributed by atoms with E-state index >= 15 is 0 Å². The first-order valence-electron chi connectivity index (χ1n) is 9.82. The smallest absolute Gasteiger partial charge is 0.342 e. The van der Waals surface area contributed by atoms with Crippen molar-refractivity contribution < 1.29 is 18.0 Å². The molecule has 0 saturated heterocycles. The first-order valence-corrected chi connectivity index (χ1v) is 10.2. The van der Waals surface area contributed by atoms with Crippen LogP contribution in [0.5, 0.6) is 0 Å². The number of pyridine rings is 1. The van der Waals surface area contributed by atoms with Crippen molar-refractivity contribution in [3.05, 3.63) is 69.9 Å². The fraction of sp³-hybridized carbons (Fsp3) is 0.318. The van der Waals surface area contributed by atoms with E-state index in [0.29, 0.717) is 23.0 Å². The Morgan fingerprint density at radius 1 is 1.21 bits per heavy atom. The molecule has 0 aliphatic carbocycles. The molecule has 7 nitrogen and oxygen atoms in total. The van der Waals surface area contributed by atoms with Crippen LogP contribution in [0.2, 0.25) is 5.02 Å². The fourth-order valence-corrected chi connectivity index (χ4v) is 3.13. The third-order valence-corrected chi connectivity index (χ3v) is 4.84. The van der Waals surface area contributed by atoms with Gasteiger partial charge in [0.2, 0.25) is 0 Å². The highest BCUT2D eigenvalue weighted by atomic mass is 35.5. The molecule has 3 rings (SSSR count). The number of carbonyl (C=O) groups excluding carboxylic acids is 1. The van der Waals surface area contributed by atoms with Crippen LogP contribution in [0.4, 0.5) is 13.2 Å². The van der Waals surface area contributed by atoms with Crippen LogP contribution in [0.1, 0.15) is 66.9 Å². The number of aromatic nitrogens is 4. The zero-order valence-electron chi connectivity index (χ0n) is 18.2. The monoisotopic (exact) mass is 476 g/mol. The van der Waals surface area contributed by atoms with Crippen LogP contribution in [0.25, 0.3) is 5.82 Å². The van der Waals surface area contributed by atoms with Crippen molar-refractivity contribution in [2.75, 3.05) is 0 Å². The molecular weight excluding hydrogens is 457 g/mol. The van der Waals surface area contributed by atoms with Crippen molar-refractivity contribution in [1.29, 1.82) is 5.26 Å². The lowest BCUT2D eigenvalue weighted by Crippen LogP contribution is -2.29. The zero-order valence-corrected chi connectivity index (χ0v) is 19.0. The van der Waals surface area contributed by atoms with E-state index in [9.17, 15) is 18.0 Å². The first-order chi connectivity index (χ1) is 15.3. The summed E-state index contributed by atoms with van der Waals surface area (Å²) in [6.45, 7) is 7.37. The number of hydrogen-bond donors (Lipinski definition) is 1. The molecule has 0 aliphatic rings. The number of carbonyl (C=O) groups is 1. The molecule has 0 saturated carbocycles. The number of halogens is 4. The highest BCUT2D eigenvalue weighted by Crippen LogP contribution is 2.32. The molecule has 1 N–H and O–H groups in total. The third-order valence-electron chi connectivity index (χ3n) is 4.62. The van der Waals surface area contributed by atoms with Gasteiger partial charge in [-0.2, -0.15) is 23.1 Å². The van der Waals surface area contributed by atoms with Gasteiger partial charge in [0, 0.05) is 22.2 Å². The second-order valence-electron chi connectivity index (χ2n) is 8.39. The fourth-order valence-electron chi connectivity index (χ4n) is 2.90. The predicted molar refractivity (Wildman–Crippen MR) is 115 cm³/mol. The topological polar surface area (TPSA) is 96.5 Å². The molecule has 2 heterocycles. The number of nitriles is 1. The summed E-state index contributed by atoms with van der Waals surface area (Å²) < 4.78 is 40.8.